The van der Waals surface area contributed by atoms with Gasteiger partial charge in [0.15, 0.2) is 0 Å². The summed E-state index contributed by atoms with van der Waals surface area (Å²) in [4.78, 5) is 0. The van der Waals surface area contributed by atoms with E-state index in [4.69, 9.17) is 0 Å². The smallest absolute Gasteiger partial charge is 0.0524 e. The van der Waals surface area contributed by atoms with Gasteiger partial charge in [0.05, 0.1) is 6.20 Å². The zero-order chi connectivity index (χ0) is 10.2. The first kappa shape index (κ1) is 11.0. The Morgan fingerprint density at radius 1 is 1.50 bits per heavy atom. The van der Waals surface area contributed by atoms with Crippen LogP contribution in [0.25, 0.3) is 0 Å². The molecule has 0 atom stereocenters. The van der Waals surface area contributed by atoms with E-state index in [9.17, 15) is 0 Å². The van der Waals surface area contributed by atoms with Crippen molar-refractivity contribution in [1.82, 2.24) is 15.1 Å². The van der Waals surface area contributed by atoms with Crippen LogP contribution in [0.15, 0.2) is 24.5 Å². The molecule has 0 aliphatic carbocycles. The lowest BCUT2D eigenvalue weighted by Gasteiger charge is -1.95. The summed E-state index contributed by atoms with van der Waals surface area (Å²) in [6.45, 7) is 4.25. The molecule has 78 valence electrons. The van der Waals surface area contributed by atoms with Crippen molar-refractivity contribution in [2.45, 2.75) is 19.8 Å². The number of hydrogen-bond donors (Lipinski definition) is 1. The average Bonchev–Trinajstić information content (AvgIpc) is 2.58. The molecule has 1 rings (SSSR count). The molecule has 1 aromatic heterocycles. The molecule has 14 heavy (non-hydrogen) atoms. The summed E-state index contributed by atoms with van der Waals surface area (Å²) in [7, 11) is 1.94. The van der Waals surface area contributed by atoms with Crippen LogP contribution in [0.2, 0.25) is 0 Å². The zero-order valence-electron chi connectivity index (χ0n) is 9.03. The summed E-state index contributed by atoms with van der Waals surface area (Å²) >= 11 is 0. The van der Waals surface area contributed by atoms with Crippen LogP contribution < -0.4 is 5.32 Å². The Morgan fingerprint density at radius 2 is 2.36 bits per heavy atom. The van der Waals surface area contributed by atoms with Crippen LogP contribution in [-0.2, 0) is 13.5 Å². The third kappa shape index (κ3) is 4.23. The lowest BCUT2D eigenvalue weighted by atomic mass is 10.2. The van der Waals surface area contributed by atoms with Gasteiger partial charge in [0.25, 0.3) is 0 Å². The van der Waals surface area contributed by atoms with Crippen molar-refractivity contribution < 1.29 is 0 Å². The summed E-state index contributed by atoms with van der Waals surface area (Å²) in [6.07, 6.45) is 10.5. The highest BCUT2D eigenvalue weighted by Gasteiger charge is 1.91. The second kappa shape index (κ2) is 6.38. The van der Waals surface area contributed by atoms with E-state index in [-0.39, 0.29) is 0 Å². The Balaban J connectivity index is 2.14. The number of aryl methyl sites for hydroxylation is 1. The molecule has 0 saturated carbocycles. The standard InChI is InChI=1S/C11H19N3/c1-3-12-8-6-4-5-7-11-9-13-14(2)10-11/h4-5,9-10,12H,3,6-8H2,1-2H3. The maximum atomic E-state index is 4.12. The van der Waals surface area contributed by atoms with E-state index in [1.165, 1.54) is 5.56 Å². The molecule has 1 aromatic rings. The summed E-state index contributed by atoms with van der Waals surface area (Å²) in [5, 5.41) is 7.40. The Bertz CT molecular complexity index is 276. The molecule has 1 heterocycles. The second-order valence-electron chi connectivity index (χ2n) is 3.34. The van der Waals surface area contributed by atoms with Gasteiger partial charge in [0.1, 0.15) is 0 Å². The SMILES string of the molecule is CCNCCC=CCc1cnn(C)c1. The molecule has 0 bridgehead atoms. The van der Waals surface area contributed by atoms with Crippen LogP contribution in [0, 0.1) is 0 Å². The van der Waals surface area contributed by atoms with Gasteiger partial charge in [-0.05, 0) is 31.5 Å². The molecular formula is C11H19N3. The van der Waals surface area contributed by atoms with Gasteiger partial charge in [-0.1, -0.05) is 19.1 Å². The molecule has 3 heteroatoms. The molecule has 0 radical (unpaired) electrons. The van der Waals surface area contributed by atoms with Crippen molar-refractivity contribution in [2.24, 2.45) is 7.05 Å². The van der Waals surface area contributed by atoms with E-state index in [0.717, 1.165) is 25.9 Å². The Morgan fingerprint density at radius 3 is 3.00 bits per heavy atom. The molecule has 3 nitrogen and oxygen atoms in total. The van der Waals surface area contributed by atoms with Crippen LogP contribution in [0.3, 0.4) is 0 Å². The molecule has 0 amide bonds. The minimum atomic E-state index is 0.986. The van der Waals surface area contributed by atoms with Crippen LogP contribution in [0.4, 0.5) is 0 Å². The summed E-state index contributed by atoms with van der Waals surface area (Å²) in [5.74, 6) is 0. The fourth-order valence-electron chi connectivity index (χ4n) is 1.28. The van der Waals surface area contributed by atoms with Crippen LogP contribution in [0.5, 0.6) is 0 Å². The maximum absolute atomic E-state index is 4.12. The molecule has 0 fully saturated rings. The van der Waals surface area contributed by atoms with Crippen molar-refractivity contribution in [3.8, 4) is 0 Å². The monoisotopic (exact) mass is 193 g/mol. The fourth-order valence-corrected chi connectivity index (χ4v) is 1.28. The fraction of sp³-hybridized carbons (Fsp3) is 0.545. The number of rotatable bonds is 6. The first-order chi connectivity index (χ1) is 6.83. The number of aromatic nitrogens is 2. The van der Waals surface area contributed by atoms with Crippen molar-refractivity contribution in [1.29, 1.82) is 0 Å². The Hall–Kier alpha value is -1.09. The highest BCUT2D eigenvalue weighted by molar-refractivity contribution is 5.08. The zero-order valence-corrected chi connectivity index (χ0v) is 9.03. The molecule has 0 saturated heterocycles. The molecule has 0 spiro atoms. The van der Waals surface area contributed by atoms with Gasteiger partial charge in [0, 0.05) is 13.2 Å². The molecule has 0 aliphatic heterocycles. The first-order valence-electron chi connectivity index (χ1n) is 5.16. The van der Waals surface area contributed by atoms with Crippen molar-refractivity contribution in [3.05, 3.63) is 30.1 Å². The highest BCUT2D eigenvalue weighted by atomic mass is 15.2. The van der Waals surface area contributed by atoms with Gasteiger partial charge in [-0.3, -0.25) is 4.68 Å². The molecule has 1 N–H and O–H groups in total. The minimum Gasteiger partial charge on any atom is -0.317 e. The van der Waals surface area contributed by atoms with E-state index in [1.54, 1.807) is 0 Å². The molecule has 0 unspecified atom stereocenters. The lowest BCUT2D eigenvalue weighted by Crippen LogP contribution is -2.12. The van der Waals surface area contributed by atoms with E-state index in [2.05, 4.69) is 35.7 Å². The summed E-state index contributed by atoms with van der Waals surface area (Å²) in [6, 6.07) is 0. The van der Waals surface area contributed by atoms with Gasteiger partial charge < -0.3 is 5.32 Å². The largest absolute Gasteiger partial charge is 0.317 e. The van der Waals surface area contributed by atoms with Gasteiger partial charge in [-0.25, -0.2) is 0 Å². The van der Waals surface area contributed by atoms with Gasteiger partial charge in [0.2, 0.25) is 0 Å². The normalized spacial score (nSPS) is 11.3. The molecule has 0 aliphatic rings. The van der Waals surface area contributed by atoms with Crippen molar-refractivity contribution in [3.63, 3.8) is 0 Å². The number of hydrogen-bond acceptors (Lipinski definition) is 2. The van der Waals surface area contributed by atoms with Gasteiger partial charge >= 0.3 is 0 Å². The topological polar surface area (TPSA) is 29.9 Å². The summed E-state index contributed by atoms with van der Waals surface area (Å²) < 4.78 is 1.84. The maximum Gasteiger partial charge on any atom is 0.0524 e. The quantitative estimate of drug-likeness (QED) is 0.548. The average molecular weight is 193 g/mol. The number of nitrogens with one attached hydrogen (secondary N) is 1. The van der Waals surface area contributed by atoms with Crippen molar-refractivity contribution in [2.75, 3.05) is 13.1 Å². The van der Waals surface area contributed by atoms with E-state index < -0.39 is 0 Å². The van der Waals surface area contributed by atoms with Gasteiger partial charge in [-0.15, -0.1) is 0 Å². The second-order valence-corrected chi connectivity index (χ2v) is 3.34. The van der Waals surface area contributed by atoms with E-state index in [1.807, 2.05) is 17.9 Å². The number of nitrogens with zero attached hydrogens (tertiary/aromatic N) is 2. The van der Waals surface area contributed by atoms with E-state index in [0.29, 0.717) is 0 Å². The Kier molecular flexibility index (Phi) is 5.00. The van der Waals surface area contributed by atoms with Crippen LogP contribution in [-0.4, -0.2) is 22.9 Å². The third-order valence-corrected chi connectivity index (χ3v) is 2.02. The van der Waals surface area contributed by atoms with Crippen LogP contribution in [0.1, 0.15) is 18.9 Å². The minimum absolute atomic E-state index is 0.986. The predicted molar refractivity (Wildman–Crippen MR) is 59.2 cm³/mol. The highest BCUT2D eigenvalue weighted by Crippen LogP contribution is 1.98. The third-order valence-electron chi connectivity index (χ3n) is 2.02. The molecular weight excluding hydrogens is 174 g/mol. The first-order valence-corrected chi connectivity index (χ1v) is 5.16. The Labute approximate surface area is 85.8 Å². The number of allylic oxidation sites excluding steroid dienone is 1. The van der Waals surface area contributed by atoms with Gasteiger partial charge in [-0.2, -0.15) is 5.10 Å². The van der Waals surface area contributed by atoms with Crippen LogP contribution >= 0.6 is 0 Å². The van der Waals surface area contributed by atoms with E-state index >= 15 is 0 Å². The predicted octanol–water partition coefficient (Wildman–Crippen LogP) is 1.52. The summed E-state index contributed by atoms with van der Waals surface area (Å²) in [5.41, 5.74) is 1.27. The van der Waals surface area contributed by atoms with Crippen molar-refractivity contribution >= 4 is 0 Å². The lowest BCUT2D eigenvalue weighted by molar-refractivity contribution is 0.726. The molecule has 0 aromatic carbocycles.